The van der Waals surface area contributed by atoms with Crippen LogP contribution in [0.15, 0.2) is 48.0 Å². The molecule has 0 atom stereocenters. The van der Waals surface area contributed by atoms with Crippen molar-refractivity contribution in [2.45, 2.75) is 19.4 Å². The fraction of sp³-hybridized carbons (Fsp3) is 0.188. The molecule has 5 nitrogen and oxygen atoms in total. The lowest BCUT2D eigenvalue weighted by atomic mass is 10.1. The lowest BCUT2D eigenvalue weighted by Gasteiger charge is -2.00. The van der Waals surface area contributed by atoms with Crippen molar-refractivity contribution in [2.24, 2.45) is 0 Å². The Morgan fingerprint density at radius 1 is 1.18 bits per heavy atom. The van der Waals surface area contributed by atoms with Crippen molar-refractivity contribution in [3.63, 3.8) is 0 Å². The maximum absolute atomic E-state index is 11.8. The number of aromatic nitrogens is 3. The standard InChI is InChI=1S/C16H16N4OS/c21-16(14-8-9-18-20-14)17-10-13-11-22-15(19-13)7-6-12-4-2-1-3-5-12/h1-5,8-9,11H,6-7,10H2,(H,17,21)(H,18,20). The van der Waals surface area contributed by atoms with Gasteiger partial charge in [0, 0.05) is 18.0 Å². The molecule has 22 heavy (non-hydrogen) atoms. The number of hydrogen-bond acceptors (Lipinski definition) is 4. The van der Waals surface area contributed by atoms with Crippen LogP contribution in [0.25, 0.3) is 0 Å². The molecule has 0 saturated heterocycles. The minimum atomic E-state index is -0.170. The van der Waals surface area contributed by atoms with Crippen molar-refractivity contribution < 1.29 is 4.79 Å². The van der Waals surface area contributed by atoms with Gasteiger partial charge in [-0.1, -0.05) is 30.3 Å². The molecule has 2 heterocycles. The smallest absolute Gasteiger partial charge is 0.269 e. The van der Waals surface area contributed by atoms with Crippen molar-refractivity contribution in [1.82, 2.24) is 20.5 Å². The first-order valence-electron chi connectivity index (χ1n) is 7.06. The minimum absolute atomic E-state index is 0.170. The van der Waals surface area contributed by atoms with E-state index in [1.54, 1.807) is 23.6 Å². The third-order valence-corrected chi connectivity index (χ3v) is 4.20. The fourth-order valence-corrected chi connectivity index (χ4v) is 2.89. The zero-order chi connectivity index (χ0) is 15.2. The Bertz CT molecular complexity index is 722. The van der Waals surface area contributed by atoms with Crippen LogP contribution >= 0.6 is 11.3 Å². The van der Waals surface area contributed by atoms with E-state index in [0.717, 1.165) is 23.5 Å². The van der Waals surface area contributed by atoms with E-state index >= 15 is 0 Å². The maximum atomic E-state index is 11.8. The molecular weight excluding hydrogens is 296 g/mol. The molecule has 0 unspecified atom stereocenters. The summed E-state index contributed by atoms with van der Waals surface area (Å²) in [6.07, 6.45) is 3.46. The molecule has 0 aliphatic heterocycles. The summed E-state index contributed by atoms with van der Waals surface area (Å²) in [6, 6.07) is 12.0. The second-order valence-electron chi connectivity index (χ2n) is 4.87. The molecule has 0 radical (unpaired) electrons. The molecule has 0 saturated carbocycles. The third kappa shape index (κ3) is 3.79. The van der Waals surface area contributed by atoms with Crippen LogP contribution in [-0.2, 0) is 19.4 Å². The maximum Gasteiger partial charge on any atom is 0.269 e. The summed E-state index contributed by atoms with van der Waals surface area (Å²) in [5.41, 5.74) is 2.66. The number of aromatic amines is 1. The van der Waals surface area contributed by atoms with Gasteiger partial charge in [0.05, 0.1) is 17.2 Å². The van der Waals surface area contributed by atoms with Crippen molar-refractivity contribution in [3.8, 4) is 0 Å². The Balaban J connectivity index is 1.50. The molecule has 2 N–H and O–H groups in total. The van der Waals surface area contributed by atoms with E-state index in [2.05, 4.69) is 32.6 Å². The average molecular weight is 312 g/mol. The van der Waals surface area contributed by atoms with Gasteiger partial charge in [-0.3, -0.25) is 9.89 Å². The minimum Gasteiger partial charge on any atom is -0.345 e. The van der Waals surface area contributed by atoms with Gasteiger partial charge >= 0.3 is 0 Å². The van der Waals surface area contributed by atoms with Crippen LogP contribution in [0.4, 0.5) is 0 Å². The topological polar surface area (TPSA) is 70.7 Å². The van der Waals surface area contributed by atoms with Crippen LogP contribution in [-0.4, -0.2) is 21.1 Å². The highest BCUT2D eigenvalue weighted by atomic mass is 32.1. The molecule has 3 aromatic rings. The summed E-state index contributed by atoms with van der Waals surface area (Å²) >= 11 is 1.64. The van der Waals surface area contributed by atoms with E-state index in [1.807, 2.05) is 23.6 Å². The van der Waals surface area contributed by atoms with E-state index in [0.29, 0.717) is 12.2 Å². The van der Waals surface area contributed by atoms with Gasteiger partial charge in [-0.05, 0) is 18.1 Å². The van der Waals surface area contributed by atoms with Crippen LogP contribution in [0.1, 0.15) is 26.8 Å². The van der Waals surface area contributed by atoms with Gasteiger partial charge in [-0.25, -0.2) is 4.98 Å². The number of nitrogens with one attached hydrogen (secondary N) is 2. The van der Waals surface area contributed by atoms with E-state index in [1.165, 1.54) is 5.56 Å². The molecule has 1 aromatic carbocycles. The van der Waals surface area contributed by atoms with Crippen LogP contribution in [0.2, 0.25) is 0 Å². The second kappa shape index (κ2) is 7.00. The molecule has 0 aliphatic carbocycles. The number of carbonyl (C=O) groups is 1. The van der Waals surface area contributed by atoms with Gasteiger partial charge in [0.1, 0.15) is 5.69 Å². The average Bonchev–Trinajstić information content (AvgIpc) is 3.23. The zero-order valence-electron chi connectivity index (χ0n) is 12.0. The summed E-state index contributed by atoms with van der Waals surface area (Å²) in [6.45, 7) is 0.430. The van der Waals surface area contributed by atoms with E-state index in [4.69, 9.17) is 0 Å². The number of rotatable bonds is 6. The van der Waals surface area contributed by atoms with Crippen LogP contribution < -0.4 is 5.32 Å². The predicted molar refractivity (Wildman–Crippen MR) is 85.7 cm³/mol. The summed E-state index contributed by atoms with van der Waals surface area (Å²) in [4.78, 5) is 16.3. The number of hydrogen-bond donors (Lipinski definition) is 2. The number of carbonyl (C=O) groups excluding carboxylic acids is 1. The molecule has 0 spiro atoms. The largest absolute Gasteiger partial charge is 0.345 e. The summed E-state index contributed by atoms with van der Waals surface area (Å²) < 4.78 is 0. The van der Waals surface area contributed by atoms with Gasteiger partial charge in [-0.2, -0.15) is 5.10 Å². The molecule has 112 valence electrons. The van der Waals surface area contributed by atoms with Gasteiger partial charge in [0.25, 0.3) is 5.91 Å². The zero-order valence-corrected chi connectivity index (χ0v) is 12.8. The summed E-state index contributed by atoms with van der Waals surface area (Å²) in [5, 5.41) is 12.3. The fourth-order valence-electron chi connectivity index (χ4n) is 2.09. The quantitative estimate of drug-likeness (QED) is 0.735. The highest BCUT2D eigenvalue weighted by molar-refractivity contribution is 7.09. The number of benzene rings is 1. The van der Waals surface area contributed by atoms with Crippen LogP contribution in [0.3, 0.4) is 0 Å². The number of thiazole rings is 1. The summed E-state index contributed by atoms with van der Waals surface area (Å²) in [5.74, 6) is -0.170. The monoisotopic (exact) mass is 312 g/mol. The molecule has 0 bridgehead atoms. The Labute approximate surface area is 132 Å². The Morgan fingerprint density at radius 2 is 2.05 bits per heavy atom. The van der Waals surface area contributed by atoms with Gasteiger partial charge in [0.15, 0.2) is 0 Å². The highest BCUT2D eigenvalue weighted by Crippen LogP contribution is 2.13. The Kier molecular flexibility index (Phi) is 4.60. The van der Waals surface area contributed by atoms with E-state index in [9.17, 15) is 4.79 Å². The number of amides is 1. The Hall–Kier alpha value is -2.47. The van der Waals surface area contributed by atoms with Crippen LogP contribution in [0.5, 0.6) is 0 Å². The predicted octanol–water partition coefficient (Wildman–Crippen LogP) is 2.58. The van der Waals surface area contributed by atoms with E-state index in [-0.39, 0.29) is 5.91 Å². The first-order chi connectivity index (χ1) is 10.8. The first kappa shape index (κ1) is 14.5. The van der Waals surface area contributed by atoms with E-state index < -0.39 is 0 Å². The van der Waals surface area contributed by atoms with Crippen molar-refractivity contribution in [2.75, 3.05) is 0 Å². The van der Waals surface area contributed by atoms with Crippen molar-refractivity contribution in [1.29, 1.82) is 0 Å². The van der Waals surface area contributed by atoms with Crippen molar-refractivity contribution >= 4 is 17.2 Å². The summed E-state index contributed by atoms with van der Waals surface area (Å²) in [7, 11) is 0. The molecule has 6 heteroatoms. The van der Waals surface area contributed by atoms with Crippen LogP contribution in [0, 0.1) is 0 Å². The van der Waals surface area contributed by atoms with Gasteiger partial charge in [0.2, 0.25) is 0 Å². The molecule has 0 aliphatic rings. The Morgan fingerprint density at radius 3 is 2.82 bits per heavy atom. The molecule has 3 rings (SSSR count). The lowest BCUT2D eigenvalue weighted by Crippen LogP contribution is -2.23. The molecule has 2 aromatic heterocycles. The first-order valence-corrected chi connectivity index (χ1v) is 7.94. The molecule has 0 fully saturated rings. The SMILES string of the molecule is O=C(NCc1csc(CCc2ccccc2)n1)c1ccn[nH]1. The lowest BCUT2D eigenvalue weighted by molar-refractivity contribution is 0.0945. The normalized spacial score (nSPS) is 10.5. The number of nitrogens with zero attached hydrogens (tertiary/aromatic N) is 2. The number of aryl methyl sites for hydroxylation is 2. The second-order valence-corrected chi connectivity index (χ2v) is 5.81. The third-order valence-electron chi connectivity index (χ3n) is 3.25. The molecular formula is C16H16N4OS. The number of H-pyrrole nitrogens is 1. The van der Waals surface area contributed by atoms with Gasteiger partial charge < -0.3 is 5.32 Å². The molecule has 1 amide bonds. The highest BCUT2D eigenvalue weighted by Gasteiger charge is 2.08. The van der Waals surface area contributed by atoms with Crippen molar-refractivity contribution in [3.05, 3.63) is 69.9 Å². The van der Waals surface area contributed by atoms with Gasteiger partial charge in [-0.15, -0.1) is 11.3 Å².